The van der Waals surface area contributed by atoms with E-state index in [9.17, 15) is 0 Å². The fourth-order valence-corrected chi connectivity index (χ4v) is 4.11. The Hall–Kier alpha value is -0.560. The van der Waals surface area contributed by atoms with Gasteiger partial charge in [0.25, 0.3) is 0 Å². The summed E-state index contributed by atoms with van der Waals surface area (Å²) in [6.45, 7) is 14.3. The van der Waals surface area contributed by atoms with E-state index in [1.807, 2.05) is 0 Å². The van der Waals surface area contributed by atoms with Gasteiger partial charge in [0, 0.05) is 6.61 Å². The Morgan fingerprint density at radius 2 is 2.11 bits per heavy atom. The fourth-order valence-electron chi connectivity index (χ4n) is 4.11. The lowest BCUT2D eigenvalue weighted by atomic mass is 9.49. The van der Waals surface area contributed by atoms with Gasteiger partial charge in [0.05, 0.1) is 5.60 Å². The molecule has 1 fully saturated rings. The summed E-state index contributed by atoms with van der Waals surface area (Å²) in [5.74, 6) is 0.638. The van der Waals surface area contributed by atoms with Gasteiger partial charge >= 0.3 is 0 Å². The molecule has 18 heavy (non-hydrogen) atoms. The molecule has 2 atom stereocenters. The molecule has 0 aromatic heterocycles. The SMILES string of the molecule is C=C1CCC=C(C)CCC2C(C)(C)CC12OCC. The maximum atomic E-state index is 6.22. The Morgan fingerprint density at radius 3 is 2.72 bits per heavy atom. The maximum absolute atomic E-state index is 6.22. The number of allylic oxidation sites excluding steroid dienone is 2. The molecule has 2 aliphatic rings. The molecule has 1 nitrogen and oxygen atoms in total. The summed E-state index contributed by atoms with van der Waals surface area (Å²) in [6, 6.07) is 0. The van der Waals surface area contributed by atoms with Crippen LogP contribution in [0.4, 0.5) is 0 Å². The van der Waals surface area contributed by atoms with Crippen LogP contribution in [0.2, 0.25) is 0 Å². The Kier molecular flexibility index (Phi) is 3.73. The van der Waals surface area contributed by atoms with E-state index >= 15 is 0 Å². The highest BCUT2D eigenvalue weighted by atomic mass is 16.5. The Bertz CT molecular complexity index is 364. The Labute approximate surface area is 112 Å². The number of ether oxygens (including phenoxy) is 1. The summed E-state index contributed by atoms with van der Waals surface area (Å²) in [5, 5.41) is 0. The van der Waals surface area contributed by atoms with E-state index in [1.54, 1.807) is 0 Å². The second-order valence-corrected chi connectivity index (χ2v) is 6.77. The minimum atomic E-state index is -0.0172. The van der Waals surface area contributed by atoms with E-state index in [0.717, 1.165) is 25.9 Å². The number of hydrogen-bond donors (Lipinski definition) is 0. The van der Waals surface area contributed by atoms with Crippen LogP contribution in [0.15, 0.2) is 23.8 Å². The lowest BCUT2D eigenvalue weighted by molar-refractivity contribution is -0.191. The molecule has 0 spiro atoms. The van der Waals surface area contributed by atoms with Crippen LogP contribution in [0.25, 0.3) is 0 Å². The van der Waals surface area contributed by atoms with E-state index in [2.05, 4.69) is 40.3 Å². The van der Waals surface area contributed by atoms with Crippen LogP contribution in [0.1, 0.15) is 59.8 Å². The van der Waals surface area contributed by atoms with E-state index in [4.69, 9.17) is 4.74 Å². The summed E-state index contributed by atoms with van der Waals surface area (Å²) in [4.78, 5) is 0. The normalized spacial score (nSPS) is 35.7. The van der Waals surface area contributed by atoms with Crippen LogP contribution in [0.5, 0.6) is 0 Å². The van der Waals surface area contributed by atoms with Crippen molar-refractivity contribution in [2.24, 2.45) is 11.3 Å². The van der Waals surface area contributed by atoms with Gasteiger partial charge < -0.3 is 4.74 Å². The first-order valence-electron chi connectivity index (χ1n) is 7.40. The monoisotopic (exact) mass is 248 g/mol. The van der Waals surface area contributed by atoms with Crippen molar-refractivity contribution >= 4 is 0 Å². The summed E-state index contributed by atoms with van der Waals surface area (Å²) >= 11 is 0. The molecule has 1 heteroatoms. The van der Waals surface area contributed by atoms with Crippen molar-refractivity contribution in [3.8, 4) is 0 Å². The quantitative estimate of drug-likeness (QED) is 0.633. The molecule has 0 heterocycles. The van der Waals surface area contributed by atoms with Gasteiger partial charge in [0.1, 0.15) is 0 Å². The third-order valence-electron chi connectivity index (χ3n) is 4.99. The number of hydrogen-bond acceptors (Lipinski definition) is 1. The van der Waals surface area contributed by atoms with Crippen LogP contribution < -0.4 is 0 Å². The highest BCUT2D eigenvalue weighted by Gasteiger charge is 2.59. The van der Waals surface area contributed by atoms with Crippen LogP contribution in [-0.4, -0.2) is 12.2 Å². The van der Waals surface area contributed by atoms with Gasteiger partial charge in [-0.1, -0.05) is 32.1 Å². The number of fused-ring (bicyclic) bond motifs is 1. The van der Waals surface area contributed by atoms with Gasteiger partial charge in [-0.3, -0.25) is 0 Å². The lowest BCUT2D eigenvalue weighted by Crippen LogP contribution is -2.61. The highest BCUT2D eigenvalue weighted by molar-refractivity contribution is 5.27. The van der Waals surface area contributed by atoms with Gasteiger partial charge in [0.2, 0.25) is 0 Å². The second-order valence-electron chi connectivity index (χ2n) is 6.77. The summed E-state index contributed by atoms with van der Waals surface area (Å²) in [5.41, 5.74) is 3.26. The molecule has 1 saturated carbocycles. The molecule has 0 aromatic rings. The van der Waals surface area contributed by atoms with Gasteiger partial charge in [-0.05, 0) is 62.9 Å². The van der Waals surface area contributed by atoms with Crippen molar-refractivity contribution in [2.45, 2.75) is 65.4 Å². The minimum absolute atomic E-state index is 0.0172. The molecule has 2 unspecified atom stereocenters. The molecular formula is C17H28O. The molecule has 0 saturated heterocycles. The Balaban J connectivity index is 2.27. The Morgan fingerprint density at radius 1 is 1.39 bits per heavy atom. The predicted octanol–water partition coefficient (Wildman–Crippen LogP) is 4.88. The molecule has 2 aliphatic carbocycles. The summed E-state index contributed by atoms with van der Waals surface area (Å²) in [6.07, 6.45) is 8.22. The number of rotatable bonds is 2. The summed E-state index contributed by atoms with van der Waals surface area (Å²) in [7, 11) is 0. The van der Waals surface area contributed by atoms with Gasteiger partial charge in [0.15, 0.2) is 0 Å². The zero-order chi connectivity index (χ0) is 13.4. The zero-order valence-electron chi connectivity index (χ0n) is 12.5. The first kappa shape index (κ1) is 13.9. The molecular weight excluding hydrogens is 220 g/mol. The largest absolute Gasteiger partial charge is 0.371 e. The average molecular weight is 248 g/mol. The third-order valence-corrected chi connectivity index (χ3v) is 4.99. The molecule has 0 bridgehead atoms. The van der Waals surface area contributed by atoms with Crippen molar-refractivity contribution in [3.05, 3.63) is 23.8 Å². The minimum Gasteiger partial charge on any atom is -0.371 e. The standard InChI is InChI=1S/C17H28O/c1-6-18-17-12-16(4,5)15(17)11-10-13(2)8-7-9-14(17)3/h8,15H,3,6-7,9-12H2,1-2,4-5H3. The third kappa shape index (κ3) is 2.18. The van der Waals surface area contributed by atoms with Gasteiger partial charge in [-0.15, -0.1) is 0 Å². The van der Waals surface area contributed by atoms with Gasteiger partial charge in [-0.25, -0.2) is 0 Å². The van der Waals surface area contributed by atoms with Crippen LogP contribution in [-0.2, 0) is 4.74 Å². The van der Waals surface area contributed by atoms with E-state index < -0.39 is 0 Å². The topological polar surface area (TPSA) is 9.23 Å². The molecule has 0 aliphatic heterocycles. The van der Waals surface area contributed by atoms with Crippen molar-refractivity contribution in [1.29, 1.82) is 0 Å². The maximum Gasteiger partial charge on any atom is 0.0927 e. The van der Waals surface area contributed by atoms with Crippen molar-refractivity contribution < 1.29 is 4.74 Å². The van der Waals surface area contributed by atoms with E-state index in [0.29, 0.717) is 11.3 Å². The van der Waals surface area contributed by atoms with Crippen LogP contribution in [0, 0.1) is 11.3 Å². The second kappa shape index (κ2) is 4.85. The summed E-state index contributed by atoms with van der Waals surface area (Å²) < 4.78 is 6.22. The molecule has 102 valence electrons. The zero-order valence-corrected chi connectivity index (χ0v) is 12.5. The smallest absolute Gasteiger partial charge is 0.0927 e. The molecule has 0 N–H and O–H groups in total. The first-order chi connectivity index (χ1) is 8.42. The first-order valence-corrected chi connectivity index (χ1v) is 7.40. The fraction of sp³-hybridized carbons (Fsp3) is 0.765. The van der Waals surface area contributed by atoms with Gasteiger partial charge in [-0.2, -0.15) is 0 Å². The molecule has 0 amide bonds. The molecule has 0 radical (unpaired) electrons. The van der Waals surface area contributed by atoms with E-state index in [1.165, 1.54) is 24.0 Å². The van der Waals surface area contributed by atoms with Crippen molar-refractivity contribution in [3.63, 3.8) is 0 Å². The van der Waals surface area contributed by atoms with Crippen LogP contribution >= 0.6 is 0 Å². The lowest BCUT2D eigenvalue weighted by Gasteiger charge is -2.61. The molecule has 2 rings (SSSR count). The highest BCUT2D eigenvalue weighted by Crippen LogP contribution is 2.61. The average Bonchev–Trinajstić information content (AvgIpc) is 2.30. The van der Waals surface area contributed by atoms with E-state index in [-0.39, 0.29) is 5.60 Å². The van der Waals surface area contributed by atoms with Crippen LogP contribution in [0.3, 0.4) is 0 Å². The predicted molar refractivity (Wildman–Crippen MR) is 77.6 cm³/mol. The van der Waals surface area contributed by atoms with Crippen molar-refractivity contribution in [2.75, 3.05) is 6.61 Å². The molecule has 0 aromatic carbocycles. The van der Waals surface area contributed by atoms with Crippen molar-refractivity contribution in [1.82, 2.24) is 0 Å².